The number of anilines is 1. The molecule has 0 unspecified atom stereocenters. The van der Waals surface area contributed by atoms with Crippen LogP contribution in [0.1, 0.15) is 12.8 Å². The van der Waals surface area contributed by atoms with Gasteiger partial charge in [-0.15, -0.1) is 0 Å². The molecule has 0 radical (unpaired) electrons. The number of halogens is 5. The summed E-state index contributed by atoms with van der Waals surface area (Å²) in [6.45, 7) is -0.461. The van der Waals surface area contributed by atoms with Crippen molar-refractivity contribution in [1.29, 1.82) is 0 Å². The summed E-state index contributed by atoms with van der Waals surface area (Å²) in [5.41, 5.74) is 1.65. The SMILES string of the molecule is O=C(CCC(F)(F)C(F)(F)[18F])Cn1ccnc1NO. The van der Waals surface area contributed by atoms with E-state index in [0.29, 0.717) is 0 Å². The van der Waals surface area contributed by atoms with Crippen molar-refractivity contribution in [3.8, 4) is 0 Å². The van der Waals surface area contributed by atoms with Gasteiger partial charge in [-0.25, -0.2) is 10.5 Å². The van der Waals surface area contributed by atoms with Crippen LogP contribution in [0.25, 0.3) is 0 Å². The van der Waals surface area contributed by atoms with Gasteiger partial charge < -0.3 is 4.57 Å². The van der Waals surface area contributed by atoms with Crippen molar-refractivity contribution in [2.45, 2.75) is 31.5 Å². The van der Waals surface area contributed by atoms with E-state index in [9.17, 15) is 26.7 Å². The van der Waals surface area contributed by atoms with Crippen LogP contribution in [0.4, 0.5) is 27.9 Å². The summed E-state index contributed by atoms with van der Waals surface area (Å²) in [6.07, 6.45) is -5.73. The van der Waals surface area contributed by atoms with Gasteiger partial charge in [0, 0.05) is 25.2 Å². The number of alkyl halides is 5. The minimum atomic E-state index is -5.67. The highest BCUT2D eigenvalue weighted by atomic mass is 19.3. The molecule has 1 aromatic rings. The molecule has 108 valence electrons. The van der Waals surface area contributed by atoms with E-state index in [2.05, 4.69) is 4.98 Å². The standard InChI is InChI=1S/C9H10F5N3O2/c10-8(11,9(12,13)14)2-1-6(18)5-17-4-3-15-7(17)16-19/h3-4,19H,1-2,5H2,(H,15,16)/i12-1. The highest BCUT2D eigenvalue weighted by molar-refractivity contribution is 5.78. The maximum Gasteiger partial charge on any atom is 0.453 e. The van der Waals surface area contributed by atoms with E-state index in [0.717, 1.165) is 4.57 Å². The van der Waals surface area contributed by atoms with Crippen LogP contribution in [-0.2, 0) is 11.3 Å². The second-order valence-electron chi connectivity index (χ2n) is 3.73. The molecule has 1 rings (SSSR count). The average Bonchev–Trinajstić information content (AvgIpc) is 2.72. The maximum absolute atomic E-state index is 12.6. The highest BCUT2D eigenvalue weighted by Gasteiger charge is 2.56. The largest absolute Gasteiger partial charge is 0.453 e. The van der Waals surface area contributed by atoms with Crippen LogP contribution < -0.4 is 5.48 Å². The molecule has 1 aromatic heterocycles. The lowest BCUT2D eigenvalue weighted by molar-refractivity contribution is -0.284. The number of nitrogens with one attached hydrogen (secondary N) is 1. The van der Waals surface area contributed by atoms with Gasteiger partial charge in [-0.3, -0.25) is 10.0 Å². The molecular weight excluding hydrogens is 276 g/mol. The smallest absolute Gasteiger partial charge is 0.308 e. The Morgan fingerprint density at radius 3 is 2.53 bits per heavy atom. The minimum absolute atomic E-state index is 0.115. The third-order valence-corrected chi connectivity index (χ3v) is 2.29. The Labute approximate surface area is 104 Å². The van der Waals surface area contributed by atoms with Gasteiger partial charge >= 0.3 is 12.1 Å². The van der Waals surface area contributed by atoms with Gasteiger partial charge in [-0.05, 0) is 0 Å². The zero-order valence-corrected chi connectivity index (χ0v) is 9.42. The van der Waals surface area contributed by atoms with Crippen LogP contribution >= 0.6 is 0 Å². The molecule has 0 aromatic carbocycles. The second-order valence-corrected chi connectivity index (χ2v) is 3.73. The summed E-state index contributed by atoms with van der Waals surface area (Å²) in [4.78, 5) is 14.9. The van der Waals surface area contributed by atoms with Crippen molar-refractivity contribution in [3.63, 3.8) is 0 Å². The molecule has 19 heavy (non-hydrogen) atoms. The molecular formula is C9H10F5N3O2. The average molecular weight is 286 g/mol. The fraction of sp³-hybridized carbons (Fsp3) is 0.556. The van der Waals surface area contributed by atoms with Crippen LogP contribution in [0.3, 0.4) is 0 Å². The molecule has 0 aliphatic carbocycles. The molecule has 0 atom stereocenters. The van der Waals surface area contributed by atoms with Crippen molar-refractivity contribution in [1.82, 2.24) is 9.55 Å². The zero-order chi connectivity index (χ0) is 14.7. The van der Waals surface area contributed by atoms with Gasteiger partial charge in [-0.2, -0.15) is 22.0 Å². The summed E-state index contributed by atoms with van der Waals surface area (Å²) in [7, 11) is 0. The number of imidazole rings is 1. The van der Waals surface area contributed by atoms with Crippen LogP contribution in [0.2, 0.25) is 0 Å². The van der Waals surface area contributed by atoms with E-state index in [1.165, 1.54) is 12.4 Å². The quantitative estimate of drug-likeness (QED) is 0.621. The predicted molar refractivity (Wildman–Crippen MR) is 52.9 cm³/mol. The normalized spacial score (nSPS) is 12.5. The lowest BCUT2D eigenvalue weighted by atomic mass is 10.1. The van der Waals surface area contributed by atoms with E-state index in [1.54, 1.807) is 5.48 Å². The molecule has 0 fully saturated rings. The van der Waals surface area contributed by atoms with Gasteiger partial charge in [0.05, 0.1) is 6.54 Å². The first-order valence-electron chi connectivity index (χ1n) is 5.05. The Balaban J connectivity index is 2.53. The Kier molecular flexibility index (Phi) is 4.45. The number of aromatic nitrogens is 2. The first kappa shape index (κ1) is 15.3. The van der Waals surface area contributed by atoms with E-state index in [1.807, 2.05) is 0 Å². The molecule has 0 amide bonds. The Hall–Kier alpha value is -1.71. The van der Waals surface area contributed by atoms with Crippen LogP contribution in [0.15, 0.2) is 12.4 Å². The molecule has 5 nitrogen and oxygen atoms in total. The molecule has 0 spiro atoms. The summed E-state index contributed by atoms with van der Waals surface area (Å²) in [6, 6.07) is 0. The topological polar surface area (TPSA) is 67.2 Å². The molecule has 0 aliphatic heterocycles. The number of rotatable bonds is 6. The van der Waals surface area contributed by atoms with Crippen LogP contribution in [0.5, 0.6) is 0 Å². The van der Waals surface area contributed by atoms with E-state index >= 15 is 0 Å². The van der Waals surface area contributed by atoms with Gasteiger partial charge in [0.2, 0.25) is 5.95 Å². The zero-order valence-electron chi connectivity index (χ0n) is 9.42. The molecule has 0 aliphatic rings. The van der Waals surface area contributed by atoms with Crippen molar-refractivity contribution < 1.29 is 32.0 Å². The highest BCUT2D eigenvalue weighted by Crippen LogP contribution is 2.38. The second kappa shape index (κ2) is 5.51. The molecule has 0 bridgehead atoms. The predicted octanol–water partition coefficient (Wildman–Crippen LogP) is 2.23. The first-order valence-corrected chi connectivity index (χ1v) is 5.05. The van der Waals surface area contributed by atoms with Gasteiger partial charge in [-0.1, -0.05) is 0 Å². The third-order valence-electron chi connectivity index (χ3n) is 2.29. The maximum atomic E-state index is 12.6. The first-order chi connectivity index (χ1) is 8.67. The van der Waals surface area contributed by atoms with Crippen molar-refractivity contribution in [2.24, 2.45) is 0 Å². The fourth-order valence-corrected chi connectivity index (χ4v) is 1.26. The number of hydrogen-bond acceptors (Lipinski definition) is 4. The monoisotopic (exact) mass is 286 g/mol. The molecule has 0 saturated carbocycles. The Bertz CT molecular complexity index is 443. The van der Waals surface area contributed by atoms with E-state index in [-0.39, 0.29) is 5.95 Å². The van der Waals surface area contributed by atoms with Crippen molar-refractivity contribution in [2.75, 3.05) is 5.48 Å². The van der Waals surface area contributed by atoms with Crippen LogP contribution in [0, 0.1) is 0 Å². The van der Waals surface area contributed by atoms with Gasteiger partial charge in [0.15, 0.2) is 5.78 Å². The van der Waals surface area contributed by atoms with E-state index in [4.69, 9.17) is 5.21 Å². The van der Waals surface area contributed by atoms with Crippen LogP contribution in [-0.4, -0.2) is 32.6 Å². The Morgan fingerprint density at radius 1 is 1.37 bits per heavy atom. The van der Waals surface area contributed by atoms with Gasteiger partial charge in [0.1, 0.15) is 0 Å². The summed E-state index contributed by atoms with van der Waals surface area (Å²) in [5.74, 6) is -5.84. The number of carbonyl (C=O) groups is 1. The summed E-state index contributed by atoms with van der Waals surface area (Å²) < 4.78 is 61.8. The number of hydrogen-bond donors (Lipinski definition) is 2. The number of Topliss-reactive ketones (excluding diaryl/α,β-unsaturated/α-hetero) is 1. The number of ketones is 1. The number of nitrogens with zero attached hydrogens (tertiary/aromatic N) is 2. The van der Waals surface area contributed by atoms with Crippen molar-refractivity contribution >= 4 is 11.7 Å². The third kappa shape index (κ3) is 3.88. The molecule has 2 N–H and O–H groups in total. The lowest BCUT2D eigenvalue weighted by Gasteiger charge is -2.18. The number of carbonyl (C=O) groups excluding carboxylic acids is 1. The Morgan fingerprint density at radius 2 is 2.00 bits per heavy atom. The molecule has 1 heterocycles. The summed E-state index contributed by atoms with van der Waals surface area (Å²) >= 11 is 0. The molecule has 0 saturated heterocycles. The lowest BCUT2D eigenvalue weighted by Crippen LogP contribution is -2.36. The van der Waals surface area contributed by atoms with E-state index < -0.39 is 37.3 Å². The molecule has 10 heteroatoms. The minimum Gasteiger partial charge on any atom is -0.308 e. The fourth-order valence-electron chi connectivity index (χ4n) is 1.26. The van der Waals surface area contributed by atoms with Crippen molar-refractivity contribution in [3.05, 3.63) is 12.4 Å². The van der Waals surface area contributed by atoms with Gasteiger partial charge in [0.25, 0.3) is 0 Å². The summed E-state index contributed by atoms with van der Waals surface area (Å²) in [5, 5.41) is 8.57.